The predicted molar refractivity (Wildman–Crippen MR) is 148 cm³/mol. The normalized spacial score (nSPS) is 18.5. The van der Waals surface area contributed by atoms with Crippen LogP contribution in [0.5, 0.6) is 11.5 Å². The molecule has 1 amide bonds. The summed E-state index contributed by atoms with van der Waals surface area (Å²) in [6.45, 7) is 6.26. The third-order valence-corrected chi connectivity index (χ3v) is 7.04. The number of aryl methyl sites for hydroxylation is 2. The highest BCUT2D eigenvalue weighted by Crippen LogP contribution is 2.43. The Labute approximate surface area is 223 Å². The van der Waals surface area contributed by atoms with Crippen LogP contribution in [0.2, 0.25) is 0 Å². The Morgan fingerprint density at radius 2 is 1.68 bits per heavy atom. The summed E-state index contributed by atoms with van der Waals surface area (Å²) in [5, 5.41) is 11.5. The Hall–Kier alpha value is -4.06. The van der Waals surface area contributed by atoms with E-state index in [0.717, 1.165) is 25.7 Å². The number of benzene rings is 3. The van der Waals surface area contributed by atoms with Crippen LogP contribution in [-0.2, 0) is 22.4 Å². The van der Waals surface area contributed by atoms with E-state index in [9.17, 15) is 14.7 Å². The van der Waals surface area contributed by atoms with Crippen molar-refractivity contribution in [2.75, 3.05) is 11.5 Å². The van der Waals surface area contributed by atoms with Crippen LogP contribution in [0.4, 0.5) is 5.69 Å². The van der Waals surface area contributed by atoms with E-state index in [4.69, 9.17) is 9.47 Å². The zero-order valence-electron chi connectivity index (χ0n) is 22.1. The van der Waals surface area contributed by atoms with E-state index in [2.05, 4.69) is 0 Å². The van der Waals surface area contributed by atoms with E-state index in [0.29, 0.717) is 34.9 Å². The van der Waals surface area contributed by atoms with Gasteiger partial charge in [-0.25, -0.2) is 0 Å². The SMILES string of the molecule is CCOc1cccc(N2C(=O)C(=O)/C(=C(\O)c3ccc4c(c3)CCCC4)C2c2ccc(OC(C)C)cc2)c1. The monoisotopic (exact) mass is 511 g/mol. The zero-order chi connectivity index (χ0) is 26.8. The average molecular weight is 512 g/mol. The number of carbonyl (C=O) groups is 2. The number of aliphatic hydroxyl groups is 1. The number of amides is 1. The van der Waals surface area contributed by atoms with Gasteiger partial charge in [0.1, 0.15) is 17.3 Å². The minimum absolute atomic E-state index is 0.0109. The van der Waals surface area contributed by atoms with Gasteiger partial charge in [-0.3, -0.25) is 14.5 Å². The molecule has 6 heteroatoms. The highest BCUT2D eigenvalue weighted by Gasteiger charge is 2.47. The number of aliphatic hydroxyl groups excluding tert-OH is 1. The second kappa shape index (κ2) is 10.7. The van der Waals surface area contributed by atoms with Gasteiger partial charge in [0.15, 0.2) is 0 Å². The van der Waals surface area contributed by atoms with Gasteiger partial charge in [-0.2, -0.15) is 0 Å². The van der Waals surface area contributed by atoms with Gasteiger partial charge in [-0.1, -0.05) is 30.3 Å². The molecule has 1 N–H and O–H groups in total. The molecule has 196 valence electrons. The number of ether oxygens (including phenoxy) is 2. The van der Waals surface area contributed by atoms with Crippen molar-refractivity contribution >= 4 is 23.1 Å². The summed E-state index contributed by atoms with van der Waals surface area (Å²) in [6, 6.07) is 19.5. The summed E-state index contributed by atoms with van der Waals surface area (Å²) < 4.78 is 11.5. The molecular weight excluding hydrogens is 478 g/mol. The maximum absolute atomic E-state index is 13.5. The first-order valence-electron chi connectivity index (χ1n) is 13.3. The lowest BCUT2D eigenvalue weighted by atomic mass is 9.88. The predicted octanol–water partition coefficient (Wildman–Crippen LogP) is 6.38. The Balaban J connectivity index is 1.65. The molecule has 0 bridgehead atoms. The Kier molecular flexibility index (Phi) is 7.23. The molecule has 0 radical (unpaired) electrons. The molecule has 1 saturated heterocycles. The maximum Gasteiger partial charge on any atom is 0.300 e. The van der Waals surface area contributed by atoms with E-state index in [1.54, 1.807) is 18.2 Å². The van der Waals surface area contributed by atoms with Gasteiger partial charge < -0.3 is 14.6 Å². The lowest BCUT2D eigenvalue weighted by molar-refractivity contribution is -0.132. The van der Waals surface area contributed by atoms with Crippen LogP contribution in [0.25, 0.3) is 5.76 Å². The first-order chi connectivity index (χ1) is 18.4. The molecule has 2 aliphatic rings. The Morgan fingerprint density at radius 3 is 2.39 bits per heavy atom. The molecule has 3 aromatic rings. The van der Waals surface area contributed by atoms with Gasteiger partial charge in [0.25, 0.3) is 11.7 Å². The van der Waals surface area contributed by atoms with Crippen molar-refractivity contribution in [3.63, 3.8) is 0 Å². The van der Waals surface area contributed by atoms with Crippen LogP contribution >= 0.6 is 0 Å². The Bertz CT molecular complexity index is 1390. The van der Waals surface area contributed by atoms with Crippen LogP contribution < -0.4 is 14.4 Å². The highest BCUT2D eigenvalue weighted by atomic mass is 16.5. The van der Waals surface area contributed by atoms with Crippen LogP contribution in [-0.4, -0.2) is 29.5 Å². The number of carbonyl (C=O) groups excluding carboxylic acids is 2. The van der Waals surface area contributed by atoms with Crippen molar-refractivity contribution in [3.05, 3.63) is 94.6 Å². The van der Waals surface area contributed by atoms with Gasteiger partial charge in [0.05, 0.1) is 24.3 Å². The molecular formula is C32H33NO5. The van der Waals surface area contributed by atoms with Gasteiger partial charge >= 0.3 is 0 Å². The summed E-state index contributed by atoms with van der Waals surface area (Å²) in [7, 11) is 0. The molecule has 1 atom stereocenters. The smallest absolute Gasteiger partial charge is 0.300 e. The molecule has 0 saturated carbocycles. The minimum Gasteiger partial charge on any atom is -0.507 e. The van der Waals surface area contributed by atoms with Gasteiger partial charge in [0, 0.05) is 17.3 Å². The average Bonchev–Trinajstić information content (AvgIpc) is 3.18. The number of rotatable bonds is 7. The van der Waals surface area contributed by atoms with Crippen molar-refractivity contribution < 1.29 is 24.2 Å². The van der Waals surface area contributed by atoms with Crippen LogP contribution in [0, 0.1) is 0 Å². The third-order valence-electron chi connectivity index (χ3n) is 7.04. The topological polar surface area (TPSA) is 76.1 Å². The fraction of sp³-hybridized carbons (Fsp3) is 0.312. The number of ketones is 1. The van der Waals surface area contributed by atoms with Crippen molar-refractivity contribution in [1.29, 1.82) is 0 Å². The summed E-state index contributed by atoms with van der Waals surface area (Å²) in [5.41, 5.74) is 4.31. The van der Waals surface area contributed by atoms with Gasteiger partial charge in [-0.05, 0) is 93.5 Å². The van der Waals surface area contributed by atoms with Gasteiger partial charge in [0.2, 0.25) is 0 Å². The van der Waals surface area contributed by atoms with E-state index in [-0.39, 0.29) is 17.4 Å². The van der Waals surface area contributed by atoms with Crippen LogP contribution in [0.3, 0.4) is 0 Å². The zero-order valence-corrected chi connectivity index (χ0v) is 22.1. The molecule has 3 aromatic carbocycles. The van der Waals surface area contributed by atoms with Crippen molar-refractivity contribution in [2.24, 2.45) is 0 Å². The number of anilines is 1. The molecule has 1 unspecified atom stereocenters. The summed E-state index contributed by atoms with van der Waals surface area (Å²) in [6.07, 6.45) is 4.22. The minimum atomic E-state index is -0.809. The standard InChI is InChI=1S/C32H33NO5/c1-4-37-27-11-7-10-25(19-27)33-29(22-14-16-26(17-15-22)38-20(2)3)28(31(35)32(33)36)30(34)24-13-12-21-8-5-6-9-23(21)18-24/h7,10-20,29,34H,4-6,8-9H2,1-3H3/b30-28-. The molecule has 1 aliphatic carbocycles. The number of Topliss-reactive ketones (excluding diaryl/α,β-unsaturated/α-hetero) is 1. The molecule has 1 heterocycles. The number of nitrogens with zero attached hydrogens (tertiary/aromatic N) is 1. The maximum atomic E-state index is 13.5. The molecule has 0 spiro atoms. The number of fused-ring (bicyclic) bond motifs is 1. The fourth-order valence-corrected chi connectivity index (χ4v) is 5.34. The lowest BCUT2D eigenvalue weighted by Crippen LogP contribution is -2.29. The van der Waals surface area contributed by atoms with Crippen molar-refractivity contribution in [3.8, 4) is 11.5 Å². The first kappa shape index (κ1) is 25.6. The highest BCUT2D eigenvalue weighted by molar-refractivity contribution is 6.51. The van der Waals surface area contributed by atoms with E-state index in [1.165, 1.54) is 16.0 Å². The molecule has 1 aliphatic heterocycles. The second-order valence-electron chi connectivity index (χ2n) is 10.0. The summed E-state index contributed by atoms with van der Waals surface area (Å²) in [5.74, 6) is -0.275. The fourth-order valence-electron chi connectivity index (χ4n) is 5.34. The molecule has 38 heavy (non-hydrogen) atoms. The molecule has 1 fully saturated rings. The van der Waals surface area contributed by atoms with Crippen LogP contribution in [0.1, 0.15) is 61.9 Å². The number of hydrogen-bond donors (Lipinski definition) is 1. The molecule has 0 aromatic heterocycles. The number of hydrogen-bond acceptors (Lipinski definition) is 5. The van der Waals surface area contributed by atoms with Crippen LogP contribution in [0.15, 0.2) is 72.3 Å². The van der Waals surface area contributed by atoms with E-state index in [1.807, 2.05) is 69.3 Å². The van der Waals surface area contributed by atoms with Crippen molar-refractivity contribution in [1.82, 2.24) is 0 Å². The summed E-state index contributed by atoms with van der Waals surface area (Å²) >= 11 is 0. The van der Waals surface area contributed by atoms with Gasteiger partial charge in [-0.15, -0.1) is 0 Å². The third kappa shape index (κ3) is 4.91. The molecule has 6 nitrogen and oxygen atoms in total. The first-order valence-corrected chi connectivity index (χ1v) is 13.3. The Morgan fingerprint density at radius 1 is 0.947 bits per heavy atom. The lowest BCUT2D eigenvalue weighted by Gasteiger charge is -2.26. The second-order valence-corrected chi connectivity index (χ2v) is 10.0. The van der Waals surface area contributed by atoms with E-state index >= 15 is 0 Å². The molecule has 5 rings (SSSR count). The quantitative estimate of drug-likeness (QED) is 0.226. The largest absolute Gasteiger partial charge is 0.507 e. The summed E-state index contributed by atoms with van der Waals surface area (Å²) in [4.78, 5) is 28.5. The van der Waals surface area contributed by atoms with Crippen molar-refractivity contribution in [2.45, 2.75) is 58.6 Å². The van der Waals surface area contributed by atoms with E-state index < -0.39 is 17.7 Å².